The highest BCUT2D eigenvalue weighted by Crippen LogP contribution is 2.30. The summed E-state index contributed by atoms with van der Waals surface area (Å²) < 4.78 is 5.21. The van der Waals surface area contributed by atoms with E-state index in [1.165, 1.54) is 0 Å². The third-order valence-electron chi connectivity index (χ3n) is 3.04. The molecule has 4 nitrogen and oxygen atoms in total. The van der Waals surface area contributed by atoms with E-state index in [0.717, 1.165) is 39.2 Å². The van der Waals surface area contributed by atoms with E-state index in [-0.39, 0.29) is 0 Å². The molecule has 0 amide bonds. The van der Waals surface area contributed by atoms with Gasteiger partial charge in [0.05, 0.1) is 23.1 Å². The second kappa shape index (κ2) is 3.45. The highest BCUT2D eigenvalue weighted by molar-refractivity contribution is 5.85. The number of hydrogen-bond acceptors (Lipinski definition) is 3. The Hall–Kier alpha value is -2.10. The van der Waals surface area contributed by atoms with Crippen LogP contribution in [0.15, 0.2) is 23.0 Å². The normalized spacial score (nSPS) is 11.2. The number of benzene rings is 1. The summed E-state index contributed by atoms with van der Waals surface area (Å²) >= 11 is 0. The fourth-order valence-corrected chi connectivity index (χ4v) is 2.27. The van der Waals surface area contributed by atoms with Gasteiger partial charge in [0.15, 0.2) is 0 Å². The Morgan fingerprint density at radius 1 is 1.18 bits per heavy atom. The molecule has 0 fully saturated rings. The summed E-state index contributed by atoms with van der Waals surface area (Å²) in [5, 5.41) is 3.99. The highest BCUT2D eigenvalue weighted by Gasteiger charge is 2.13. The van der Waals surface area contributed by atoms with E-state index in [2.05, 4.69) is 34.2 Å². The van der Waals surface area contributed by atoms with E-state index in [9.17, 15) is 0 Å². The molecule has 0 aliphatic heterocycles. The zero-order valence-corrected chi connectivity index (χ0v) is 10.0. The van der Waals surface area contributed by atoms with Crippen molar-refractivity contribution in [3.05, 3.63) is 35.5 Å². The number of nitrogens with zero attached hydrogens (tertiary/aromatic N) is 2. The zero-order valence-electron chi connectivity index (χ0n) is 10.0. The van der Waals surface area contributed by atoms with E-state index >= 15 is 0 Å². The number of aromatic amines is 1. The summed E-state index contributed by atoms with van der Waals surface area (Å²) in [4.78, 5) is 7.43. The maximum absolute atomic E-state index is 5.21. The lowest BCUT2D eigenvalue weighted by atomic mass is 10.0. The molecule has 0 atom stereocenters. The fraction of sp³-hybridized carbons (Fsp3) is 0.231. The minimum atomic E-state index is 0.848. The molecule has 0 saturated carbocycles. The minimum absolute atomic E-state index is 0.848. The smallest absolute Gasteiger partial charge is 0.141 e. The van der Waals surface area contributed by atoms with Crippen molar-refractivity contribution >= 4 is 11.0 Å². The molecule has 0 saturated heterocycles. The van der Waals surface area contributed by atoms with Crippen LogP contribution >= 0.6 is 0 Å². The maximum atomic E-state index is 5.21. The zero-order chi connectivity index (χ0) is 12.0. The largest absolute Gasteiger partial charge is 0.361 e. The van der Waals surface area contributed by atoms with Crippen molar-refractivity contribution in [1.29, 1.82) is 0 Å². The van der Waals surface area contributed by atoms with Crippen LogP contribution in [0.3, 0.4) is 0 Å². The first kappa shape index (κ1) is 10.1. The molecule has 4 heteroatoms. The van der Waals surface area contributed by atoms with Crippen molar-refractivity contribution in [2.45, 2.75) is 20.8 Å². The number of nitrogens with one attached hydrogen (secondary N) is 1. The van der Waals surface area contributed by atoms with E-state index in [0.29, 0.717) is 0 Å². The van der Waals surface area contributed by atoms with Crippen LogP contribution in [-0.2, 0) is 0 Å². The van der Waals surface area contributed by atoms with Crippen molar-refractivity contribution in [2.24, 2.45) is 0 Å². The highest BCUT2D eigenvalue weighted by atomic mass is 16.5. The topological polar surface area (TPSA) is 54.7 Å². The molecule has 2 heterocycles. The Bertz CT molecular complexity index is 674. The van der Waals surface area contributed by atoms with Crippen molar-refractivity contribution in [3.8, 4) is 11.1 Å². The van der Waals surface area contributed by atoms with Gasteiger partial charge >= 0.3 is 0 Å². The van der Waals surface area contributed by atoms with Crippen LogP contribution < -0.4 is 0 Å². The molecule has 3 rings (SSSR count). The van der Waals surface area contributed by atoms with Gasteiger partial charge in [-0.3, -0.25) is 0 Å². The molecule has 17 heavy (non-hydrogen) atoms. The van der Waals surface area contributed by atoms with Crippen molar-refractivity contribution < 1.29 is 4.52 Å². The Morgan fingerprint density at radius 2 is 2.00 bits per heavy atom. The second-order valence-electron chi connectivity index (χ2n) is 4.29. The second-order valence-corrected chi connectivity index (χ2v) is 4.29. The molecule has 0 spiro atoms. The van der Waals surface area contributed by atoms with Crippen LogP contribution in [0.1, 0.15) is 17.0 Å². The van der Waals surface area contributed by atoms with Crippen LogP contribution in [0.4, 0.5) is 0 Å². The van der Waals surface area contributed by atoms with Crippen molar-refractivity contribution in [3.63, 3.8) is 0 Å². The van der Waals surface area contributed by atoms with Crippen molar-refractivity contribution in [2.75, 3.05) is 0 Å². The van der Waals surface area contributed by atoms with Gasteiger partial charge in [0, 0.05) is 5.56 Å². The predicted octanol–water partition coefficient (Wildman–Crippen LogP) is 3.14. The SMILES string of the molecule is Cc1noc(C)c1-c1cc(C)c2nc[nH]c2c1. The van der Waals surface area contributed by atoms with Gasteiger partial charge in [-0.15, -0.1) is 0 Å². The number of rotatable bonds is 1. The first-order valence-electron chi connectivity index (χ1n) is 5.54. The minimum Gasteiger partial charge on any atom is -0.361 e. The van der Waals surface area contributed by atoms with Gasteiger partial charge in [0.25, 0.3) is 0 Å². The van der Waals surface area contributed by atoms with Crippen LogP contribution in [0.2, 0.25) is 0 Å². The third-order valence-corrected chi connectivity index (χ3v) is 3.04. The van der Waals surface area contributed by atoms with Gasteiger partial charge in [-0.2, -0.15) is 0 Å². The molecule has 86 valence electrons. The molecule has 0 aliphatic carbocycles. The average molecular weight is 227 g/mol. The third kappa shape index (κ3) is 1.45. The van der Waals surface area contributed by atoms with Crippen LogP contribution in [0.25, 0.3) is 22.2 Å². The first-order chi connectivity index (χ1) is 8.16. The number of hydrogen-bond donors (Lipinski definition) is 1. The van der Waals surface area contributed by atoms with E-state index in [1.54, 1.807) is 6.33 Å². The Morgan fingerprint density at radius 3 is 2.71 bits per heavy atom. The molecule has 0 radical (unpaired) electrons. The summed E-state index contributed by atoms with van der Waals surface area (Å²) in [7, 11) is 0. The maximum Gasteiger partial charge on any atom is 0.141 e. The first-order valence-corrected chi connectivity index (χ1v) is 5.54. The summed E-state index contributed by atoms with van der Waals surface area (Å²) in [5.41, 5.74) is 6.32. The number of aromatic nitrogens is 3. The summed E-state index contributed by atoms with van der Waals surface area (Å²) in [6.45, 7) is 5.95. The fourth-order valence-electron chi connectivity index (χ4n) is 2.27. The number of aryl methyl sites for hydroxylation is 3. The Balaban J connectivity index is 2.31. The molecule has 0 aliphatic rings. The quantitative estimate of drug-likeness (QED) is 0.694. The molecule has 0 bridgehead atoms. The number of H-pyrrole nitrogens is 1. The van der Waals surface area contributed by atoms with Gasteiger partial charge in [-0.25, -0.2) is 4.98 Å². The Labute approximate surface area is 98.7 Å². The van der Waals surface area contributed by atoms with Crippen LogP contribution in [0.5, 0.6) is 0 Å². The molecule has 2 aromatic heterocycles. The van der Waals surface area contributed by atoms with Crippen molar-refractivity contribution in [1.82, 2.24) is 15.1 Å². The Kier molecular flexibility index (Phi) is 2.04. The predicted molar refractivity (Wildman–Crippen MR) is 65.8 cm³/mol. The van der Waals surface area contributed by atoms with Gasteiger partial charge in [0.2, 0.25) is 0 Å². The summed E-state index contributed by atoms with van der Waals surface area (Å²) in [6, 6.07) is 4.21. The van der Waals surface area contributed by atoms with Gasteiger partial charge in [-0.1, -0.05) is 5.16 Å². The molecule has 1 aromatic carbocycles. The molecule has 3 aromatic rings. The van der Waals surface area contributed by atoms with E-state index in [1.807, 2.05) is 13.8 Å². The molecular weight excluding hydrogens is 214 g/mol. The monoisotopic (exact) mass is 227 g/mol. The molecule has 1 N–H and O–H groups in total. The summed E-state index contributed by atoms with van der Waals surface area (Å²) in [5.74, 6) is 0.848. The van der Waals surface area contributed by atoms with Crippen LogP contribution in [0, 0.1) is 20.8 Å². The summed E-state index contributed by atoms with van der Waals surface area (Å²) in [6.07, 6.45) is 1.72. The number of fused-ring (bicyclic) bond motifs is 1. The molecule has 0 unspecified atom stereocenters. The van der Waals surface area contributed by atoms with Gasteiger partial charge in [0.1, 0.15) is 5.76 Å². The lowest BCUT2D eigenvalue weighted by Crippen LogP contribution is -1.85. The standard InChI is InChI=1S/C13H13N3O/c1-7-4-10(5-11-13(7)15-6-14-11)12-8(2)16-17-9(12)3/h4-6H,1-3H3,(H,14,15). The number of imidazole rings is 1. The van der Waals surface area contributed by atoms with E-state index in [4.69, 9.17) is 4.52 Å². The van der Waals surface area contributed by atoms with Gasteiger partial charge < -0.3 is 9.51 Å². The van der Waals surface area contributed by atoms with E-state index < -0.39 is 0 Å². The average Bonchev–Trinajstić information content (AvgIpc) is 2.86. The lowest BCUT2D eigenvalue weighted by molar-refractivity contribution is 0.393. The molecular formula is C13H13N3O. The van der Waals surface area contributed by atoms with Crippen LogP contribution in [-0.4, -0.2) is 15.1 Å². The van der Waals surface area contributed by atoms with Gasteiger partial charge in [-0.05, 0) is 44.0 Å². The lowest BCUT2D eigenvalue weighted by Gasteiger charge is -2.03.